The number of amides is 2. The van der Waals surface area contributed by atoms with E-state index in [1.165, 1.54) is 0 Å². The summed E-state index contributed by atoms with van der Waals surface area (Å²) < 4.78 is 5.37. The molecule has 3 N–H and O–H groups in total. The Balaban J connectivity index is 1.55. The Morgan fingerprint density at radius 2 is 1.94 bits per heavy atom. The van der Waals surface area contributed by atoms with Crippen LogP contribution in [-0.4, -0.2) is 51.5 Å². The number of rotatable bonds is 7. The lowest BCUT2D eigenvalue weighted by Crippen LogP contribution is -2.73. The maximum absolute atomic E-state index is 12.8. The summed E-state index contributed by atoms with van der Waals surface area (Å²) in [6, 6.07) is 0.195. The van der Waals surface area contributed by atoms with Gasteiger partial charge in [0.2, 0.25) is 5.91 Å². The number of nitrogens with one attached hydrogen (secondary N) is 2. The summed E-state index contributed by atoms with van der Waals surface area (Å²) in [4.78, 5) is 25.0. The summed E-state index contributed by atoms with van der Waals surface area (Å²) >= 11 is 0. The lowest BCUT2D eigenvalue weighted by Gasteiger charge is -2.66. The Morgan fingerprint density at radius 1 is 1.25 bits per heavy atom. The van der Waals surface area contributed by atoms with Crippen LogP contribution in [0.15, 0.2) is 12.2 Å². The largest absolute Gasteiger partial charge is 0.444 e. The first-order chi connectivity index (χ1) is 14.7. The first kappa shape index (κ1) is 25.0. The van der Waals surface area contributed by atoms with E-state index in [2.05, 4.69) is 38.3 Å². The van der Waals surface area contributed by atoms with Gasteiger partial charge in [0.1, 0.15) is 5.60 Å². The Kier molecular flexibility index (Phi) is 7.02. The molecule has 7 nitrogen and oxygen atoms in total. The predicted molar refractivity (Wildman–Crippen MR) is 124 cm³/mol. The van der Waals surface area contributed by atoms with Crippen LogP contribution in [0.2, 0.25) is 0 Å². The normalized spacial score (nSPS) is 35.3. The van der Waals surface area contributed by atoms with Crippen molar-refractivity contribution in [2.24, 2.45) is 17.3 Å². The number of hydroxylamine groups is 2. The van der Waals surface area contributed by atoms with E-state index in [1.54, 1.807) is 5.06 Å². The average molecular weight is 450 g/mol. The minimum atomic E-state index is -0.547. The third-order valence-corrected chi connectivity index (χ3v) is 7.30. The quantitative estimate of drug-likeness (QED) is 0.501. The molecular formula is C25H43N3O4. The van der Waals surface area contributed by atoms with Crippen molar-refractivity contribution in [2.45, 2.75) is 116 Å². The molecule has 2 aliphatic heterocycles. The number of nitrogens with zero attached hydrogens (tertiary/aromatic N) is 1. The molecule has 6 atom stereocenters. The molecule has 2 aliphatic carbocycles. The van der Waals surface area contributed by atoms with Gasteiger partial charge in [0.05, 0.1) is 6.04 Å². The van der Waals surface area contributed by atoms with Crippen molar-refractivity contribution in [1.82, 2.24) is 15.7 Å². The molecule has 0 aromatic heterocycles. The number of carbonyl (C=O) groups is 2. The van der Waals surface area contributed by atoms with Crippen LogP contribution in [0, 0.1) is 17.3 Å². The van der Waals surface area contributed by atoms with E-state index >= 15 is 0 Å². The van der Waals surface area contributed by atoms with Crippen molar-refractivity contribution < 1.29 is 19.5 Å². The molecule has 2 saturated carbocycles. The van der Waals surface area contributed by atoms with Crippen LogP contribution < -0.4 is 10.6 Å². The third kappa shape index (κ3) is 5.66. The van der Waals surface area contributed by atoms with Crippen LogP contribution in [0.4, 0.5) is 4.79 Å². The molecule has 32 heavy (non-hydrogen) atoms. The minimum Gasteiger partial charge on any atom is -0.444 e. The van der Waals surface area contributed by atoms with Gasteiger partial charge < -0.3 is 20.6 Å². The summed E-state index contributed by atoms with van der Waals surface area (Å²) in [5.41, 5.74) is -0.689. The fourth-order valence-corrected chi connectivity index (χ4v) is 6.51. The zero-order valence-corrected chi connectivity index (χ0v) is 20.9. The first-order valence-electron chi connectivity index (χ1n) is 12.1. The highest BCUT2D eigenvalue weighted by Crippen LogP contribution is 2.59. The van der Waals surface area contributed by atoms with E-state index in [-0.39, 0.29) is 41.4 Å². The van der Waals surface area contributed by atoms with E-state index in [4.69, 9.17) is 4.74 Å². The van der Waals surface area contributed by atoms with E-state index in [9.17, 15) is 14.8 Å². The lowest BCUT2D eigenvalue weighted by atomic mass is 9.50. The second-order valence-corrected chi connectivity index (χ2v) is 12.3. The van der Waals surface area contributed by atoms with Gasteiger partial charge in [-0.1, -0.05) is 32.9 Å². The Bertz CT molecular complexity index is 746. The van der Waals surface area contributed by atoms with Crippen molar-refractivity contribution in [1.29, 1.82) is 0 Å². The summed E-state index contributed by atoms with van der Waals surface area (Å²) in [6.45, 7) is 14.1. The SMILES string of the molecule is CC(C)C[C@@H](/C=C/CC(=O)NC1[C@H]2CC3CC1(C)CC(C)(C2)N3O)NC(=O)OC(C)(C)C. The number of hydrogen-bond acceptors (Lipinski definition) is 5. The number of alkyl carbamates (subject to hydrolysis) is 1. The topological polar surface area (TPSA) is 90.9 Å². The molecule has 4 aliphatic rings. The van der Waals surface area contributed by atoms with Crippen molar-refractivity contribution in [2.75, 3.05) is 0 Å². The minimum absolute atomic E-state index is 0.0199. The Morgan fingerprint density at radius 3 is 2.50 bits per heavy atom. The van der Waals surface area contributed by atoms with Gasteiger partial charge in [0, 0.05) is 24.0 Å². The van der Waals surface area contributed by atoms with Crippen molar-refractivity contribution >= 4 is 12.0 Å². The van der Waals surface area contributed by atoms with Gasteiger partial charge >= 0.3 is 6.09 Å². The fourth-order valence-electron chi connectivity index (χ4n) is 6.51. The molecule has 4 fully saturated rings. The molecular weight excluding hydrogens is 406 g/mol. The van der Waals surface area contributed by atoms with Crippen LogP contribution in [0.5, 0.6) is 0 Å². The molecule has 0 aromatic rings. The molecule has 0 spiro atoms. The predicted octanol–water partition coefficient (Wildman–Crippen LogP) is 4.40. The van der Waals surface area contributed by atoms with Gasteiger partial charge in [-0.25, -0.2) is 4.79 Å². The molecule has 182 valence electrons. The summed E-state index contributed by atoms with van der Waals surface area (Å²) in [5, 5.41) is 18.3. The highest BCUT2D eigenvalue weighted by Gasteiger charge is 2.62. The average Bonchev–Trinajstić information content (AvgIpc) is 2.59. The van der Waals surface area contributed by atoms with Gasteiger partial charge in [-0.3, -0.25) is 4.79 Å². The molecule has 4 bridgehead atoms. The second kappa shape index (κ2) is 8.98. The third-order valence-electron chi connectivity index (χ3n) is 7.30. The highest BCUT2D eigenvalue weighted by molar-refractivity contribution is 5.78. The van der Waals surface area contributed by atoms with Crippen molar-refractivity contribution in [3.63, 3.8) is 0 Å². The molecule has 2 amide bonds. The number of piperidine rings is 2. The molecule has 0 aromatic carbocycles. The molecule has 4 unspecified atom stereocenters. The first-order valence-corrected chi connectivity index (χ1v) is 12.1. The van der Waals surface area contributed by atoms with Crippen LogP contribution in [0.1, 0.15) is 87.0 Å². The Labute approximate surface area is 193 Å². The maximum Gasteiger partial charge on any atom is 0.408 e. The molecule has 7 heteroatoms. The fraction of sp³-hybridized carbons (Fsp3) is 0.840. The zero-order chi connectivity index (χ0) is 23.9. The van der Waals surface area contributed by atoms with Gasteiger partial charge in [0.15, 0.2) is 0 Å². The lowest BCUT2D eigenvalue weighted by molar-refractivity contribution is -0.291. The summed E-state index contributed by atoms with van der Waals surface area (Å²) in [6.07, 6.45) is 8.08. The number of hydrogen-bond donors (Lipinski definition) is 3. The highest BCUT2D eigenvalue weighted by atomic mass is 16.6. The van der Waals surface area contributed by atoms with Crippen molar-refractivity contribution in [3.8, 4) is 0 Å². The van der Waals surface area contributed by atoms with E-state index in [1.807, 2.05) is 32.9 Å². The van der Waals surface area contributed by atoms with E-state index < -0.39 is 11.7 Å². The second-order valence-electron chi connectivity index (χ2n) is 12.3. The van der Waals surface area contributed by atoms with Gasteiger partial charge in [-0.05, 0) is 77.0 Å². The molecule has 2 saturated heterocycles. The Hall–Kier alpha value is -1.60. The number of carbonyl (C=O) groups excluding carboxylic acids is 2. The van der Waals surface area contributed by atoms with Gasteiger partial charge in [-0.2, -0.15) is 5.06 Å². The van der Waals surface area contributed by atoms with Crippen LogP contribution in [0.3, 0.4) is 0 Å². The van der Waals surface area contributed by atoms with Crippen molar-refractivity contribution in [3.05, 3.63) is 12.2 Å². The summed E-state index contributed by atoms with van der Waals surface area (Å²) in [7, 11) is 0. The maximum atomic E-state index is 12.8. The zero-order valence-electron chi connectivity index (χ0n) is 20.9. The molecule has 0 radical (unpaired) electrons. The van der Waals surface area contributed by atoms with Gasteiger partial charge in [-0.15, -0.1) is 0 Å². The number of ether oxygens (including phenoxy) is 1. The molecule has 2 heterocycles. The van der Waals surface area contributed by atoms with E-state index in [0.29, 0.717) is 11.8 Å². The van der Waals surface area contributed by atoms with Gasteiger partial charge in [0.25, 0.3) is 0 Å². The summed E-state index contributed by atoms with van der Waals surface area (Å²) in [5.74, 6) is 0.830. The monoisotopic (exact) mass is 449 g/mol. The van der Waals surface area contributed by atoms with Crippen LogP contribution in [0.25, 0.3) is 0 Å². The van der Waals surface area contributed by atoms with Crippen LogP contribution in [-0.2, 0) is 9.53 Å². The molecule has 4 rings (SSSR count). The smallest absolute Gasteiger partial charge is 0.408 e. The van der Waals surface area contributed by atoms with E-state index in [0.717, 1.165) is 32.1 Å². The standard InChI is InChI=1S/C25H43N3O4/c1-16(2)11-18(26-22(30)32-23(3,4)5)9-8-10-20(29)27-21-17-12-19-14-24(21,6)15-25(7,13-17)28(19)31/h8-9,16-19,21,31H,10-15H2,1-7H3,(H,26,30)(H,27,29)/b9-8+/t17-,18+,19?,21?,24?,25?/m0/s1. The van der Waals surface area contributed by atoms with Crippen LogP contribution >= 0.6 is 0 Å².